The highest BCUT2D eigenvalue weighted by Crippen LogP contribution is 2.19. The molecule has 1 aromatic carbocycles. The Morgan fingerprint density at radius 2 is 2.17 bits per heavy atom. The van der Waals surface area contributed by atoms with Gasteiger partial charge in [0.25, 0.3) is 5.91 Å². The molecule has 0 unspecified atom stereocenters. The molecule has 2 heterocycles. The van der Waals surface area contributed by atoms with E-state index in [0.29, 0.717) is 18.7 Å². The fourth-order valence-corrected chi connectivity index (χ4v) is 2.26. The van der Waals surface area contributed by atoms with Crippen LogP contribution in [0.25, 0.3) is 11.0 Å². The number of carbonyl (C=O) groups is 1. The number of hydrogen-bond acceptors (Lipinski definition) is 3. The molecule has 18 heavy (non-hydrogen) atoms. The zero-order valence-corrected chi connectivity index (χ0v) is 10.4. The summed E-state index contributed by atoms with van der Waals surface area (Å²) < 4.78 is 2.00. The Morgan fingerprint density at radius 1 is 1.44 bits per heavy atom. The van der Waals surface area contributed by atoms with Gasteiger partial charge in [-0.3, -0.25) is 4.79 Å². The summed E-state index contributed by atoms with van der Waals surface area (Å²) in [5.74, 6) is 0.888. The maximum absolute atomic E-state index is 12.1. The largest absolute Gasteiger partial charge is 0.389 e. The number of carbonyl (C=O) groups excluding carboxylic acids is 1. The number of fused-ring (bicyclic) bond motifs is 1. The van der Waals surface area contributed by atoms with Crippen LogP contribution in [0.1, 0.15) is 16.2 Å². The molecule has 0 saturated carbocycles. The van der Waals surface area contributed by atoms with Gasteiger partial charge in [-0.25, -0.2) is 4.98 Å². The Labute approximate surface area is 105 Å². The van der Waals surface area contributed by atoms with Gasteiger partial charge < -0.3 is 14.6 Å². The van der Waals surface area contributed by atoms with E-state index in [1.807, 2.05) is 36.7 Å². The highest BCUT2D eigenvalue weighted by atomic mass is 16.3. The van der Waals surface area contributed by atoms with E-state index >= 15 is 0 Å². The minimum Gasteiger partial charge on any atom is -0.389 e. The Bertz CT molecular complexity index is 626. The first kappa shape index (κ1) is 11.2. The quantitative estimate of drug-likeness (QED) is 0.804. The fraction of sp³-hybridized carbons (Fsp3) is 0.385. The number of β-amino-alcohol motifs (C(OH)–C–C–N with tert-alkyl or cyclic N) is 1. The number of likely N-dealkylation sites (tertiary alicyclic amines) is 1. The number of aromatic nitrogens is 2. The fourth-order valence-electron chi connectivity index (χ4n) is 2.26. The molecule has 0 aliphatic carbocycles. The van der Waals surface area contributed by atoms with Crippen molar-refractivity contribution in [3.05, 3.63) is 29.6 Å². The molecular weight excluding hydrogens is 230 g/mol. The van der Waals surface area contributed by atoms with Crippen LogP contribution in [0.5, 0.6) is 0 Å². The number of rotatable bonds is 1. The maximum Gasteiger partial charge on any atom is 0.254 e. The lowest BCUT2D eigenvalue weighted by molar-refractivity contribution is 0.00590. The molecule has 1 aliphatic heterocycles. The van der Waals surface area contributed by atoms with Gasteiger partial charge in [-0.1, -0.05) is 0 Å². The predicted molar refractivity (Wildman–Crippen MR) is 67.4 cm³/mol. The third-order valence-electron chi connectivity index (χ3n) is 3.50. The SMILES string of the molecule is Cc1nc2cc(C(=O)N3CC(O)C3)ccc2n1C. The first-order chi connectivity index (χ1) is 8.56. The highest BCUT2D eigenvalue weighted by Gasteiger charge is 2.29. The smallest absolute Gasteiger partial charge is 0.254 e. The lowest BCUT2D eigenvalue weighted by Crippen LogP contribution is -2.53. The average molecular weight is 245 g/mol. The van der Waals surface area contributed by atoms with Crippen molar-refractivity contribution in [1.82, 2.24) is 14.5 Å². The van der Waals surface area contributed by atoms with Crippen LogP contribution in [0.4, 0.5) is 0 Å². The van der Waals surface area contributed by atoms with Gasteiger partial charge in [0, 0.05) is 25.7 Å². The first-order valence-electron chi connectivity index (χ1n) is 5.96. The van der Waals surface area contributed by atoms with Crippen LogP contribution in [0.15, 0.2) is 18.2 Å². The van der Waals surface area contributed by atoms with Gasteiger partial charge in [-0.2, -0.15) is 0 Å². The molecule has 0 bridgehead atoms. The standard InChI is InChI=1S/C13H15N3O2/c1-8-14-11-5-9(3-4-12(11)15(8)2)13(18)16-6-10(17)7-16/h3-5,10,17H,6-7H2,1-2H3. The number of amides is 1. The molecule has 3 rings (SSSR count). The number of hydrogen-bond donors (Lipinski definition) is 1. The zero-order valence-electron chi connectivity index (χ0n) is 10.4. The predicted octanol–water partition coefficient (Wildman–Crippen LogP) is 0.698. The van der Waals surface area contributed by atoms with Crippen LogP contribution in [0, 0.1) is 6.92 Å². The lowest BCUT2D eigenvalue weighted by atomic mass is 10.1. The van der Waals surface area contributed by atoms with Gasteiger partial charge in [-0.05, 0) is 25.1 Å². The van der Waals surface area contributed by atoms with Crippen molar-refractivity contribution in [3.8, 4) is 0 Å². The van der Waals surface area contributed by atoms with Gasteiger partial charge in [0.1, 0.15) is 5.82 Å². The number of benzene rings is 1. The lowest BCUT2D eigenvalue weighted by Gasteiger charge is -2.35. The van der Waals surface area contributed by atoms with E-state index < -0.39 is 0 Å². The molecule has 0 radical (unpaired) electrons. The van der Waals surface area contributed by atoms with Gasteiger partial charge in [0.05, 0.1) is 17.1 Å². The molecule has 1 N–H and O–H groups in total. The van der Waals surface area contributed by atoms with Gasteiger partial charge in [-0.15, -0.1) is 0 Å². The van der Waals surface area contributed by atoms with Crippen LogP contribution < -0.4 is 0 Å². The van der Waals surface area contributed by atoms with Crippen LogP contribution in [-0.4, -0.2) is 44.7 Å². The highest BCUT2D eigenvalue weighted by molar-refractivity contribution is 5.97. The molecule has 0 spiro atoms. The van der Waals surface area contributed by atoms with Crippen molar-refractivity contribution >= 4 is 16.9 Å². The van der Waals surface area contributed by atoms with Crippen molar-refractivity contribution in [2.45, 2.75) is 13.0 Å². The van der Waals surface area contributed by atoms with Crippen molar-refractivity contribution in [3.63, 3.8) is 0 Å². The van der Waals surface area contributed by atoms with Crippen LogP contribution in [0.2, 0.25) is 0 Å². The van der Waals surface area contributed by atoms with E-state index in [1.165, 1.54) is 0 Å². The third kappa shape index (κ3) is 1.59. The molecule has 1 aromatic heterocycles. The first-order valence-corrected chi connectivity index (χ1v) is 5.96. The molecule has 5 heteroatoms. The second-order valence-electron chi connectivity index (χ2n) is 4.79. The van der Waals surface area contributed by atoms with E-state index in [0.717, 1.165) is 16.9 Å². The number of nitrogens with zero attached hydrogens (tertiary/aromatic N) is 3. The second-order valence-corrected chi connectivity index (χ2v) is 4.79. The molecular formula is C13H15N3O2. The summed E-state index contributed by atoms with van der Waals surface area (Å²) >= 11 is 0. The summed E-state index contributed by atoms with van der Waals surface area (Å²) in [6.45, 7) is 2.80. The zero-order chi connectivity index (χ0) is 12.9. The molecule has 94 valence electrons. The summed E-state index contributed by atoms with van der Waals surface area (Å²) in [7, 11) is 1.96. The average Bonchev–Trinajstić information content (AvgIpc) is 2.60. The Hall–Kier alpha value is -1.88. The number of aliphatic hydroxyl groups is 1. The van der Waals surface area contributed by atoms with Gasteiger partial charge in [0.15, 0.2) is 0 Å². The number of aliphatic hydroxyl groups excluding tert-OH is 1. The minimum absolute atomic E-state index is 0.0366. The minimum atomic E-state index is -0.366. The third-order valence-corrected chi connectivity index (χ3v) is 3.50. The van der Waals surface area contributed by atoms with E-state index in [9.17, 15) is 9.90 Å². The van der Waals surface area contributed by atoms with Crippen LogP contribution >= 0.6 is 0 Å². The molecule has 1 amide bonds. The van der Waals surface area contributed by atoms with Crippen molar-refractivity contribution in [1.29, 1.82) is 0 Å². The summed E-state index contributed by atoms with van der Waals surface area (Å²) in [5.41, 5.74) is 2.49. The van der Waals surface area contributed by atoms with Crippen LogP contribution in [0.3, 0.4) is 0 Å². The van der Waals surface area contributed by atoms with Gasteiger partial charge in [0.2, 0.25) is 0 Å². The Kier molecular flexibility index (Phi) is 2.38. The molecule has 1 aliphatic rings. The molecule has 1 fully saturated rings. The molecule has 5 nitrogen and oxygen atoms in total. The van der Waals surface area contributed by atoms with E-state index in [-0.39, 0.29) is 12.0 Å². The van der Waals surface area contributed by atoms with Crippen LogP contribution in [-0.2, 0) is 7.05 Å². The molecule has 2 aromatic rings. The van der Waals surface area contributed by atoms with Crippen molar-refractivity contribution in [2.75, 3.05) is 13.1 Å². The molecule has 0 atom stereocenters. The molecule has 1 saturated heterocycles. The number of aryl methyl sites for hydroxylation is 2. The van der Waals surface area contributed by atoms with E-state index in [1.54, 1.807) is 4.90 Å². The second kappa shape index (κ2) is 3.81. The monoisotopic (exact) mass is 245 g/mol. The van der Waals surface area contributed by atoms with Gasteiger partial charge >= 0.3 is 0 Å². The maximum atomic E-state index is 12.1. The normalized spacial score (nSPS) is 16.1. The van der Waals surface area contributed by atoms with E-state index in [4.69, 9.17) is 0 Å². The van der Waals surface area contributed by atoms with Crippen molar-refractivity contribution in [2.24, 2.45) is 7.05 Å². The number of imidazole rings is 1. The Balaban J connectivity index is 1.96. The van der Waals surface area contributed by atoms with E-state index in [2.05, 4.69) is 4.98 Å². The Morgan fingerprint density at radius 3 is 2.83 bits per heavy atom. The summed E-state index contributed by atoms with van der Waals surface area (Å²) in [6, 6.07) is 5.55. The van der Waals surface area contributed by atoms with Crippen molar-refractivity contribution < 1.29 is 9.90 Å². The summed E-state index contributed by atoms with van der Waals surface area (Å²) in [5, 5.41) is 9.22. The summed E-state index contributed by atoms with van der Waals surface area (Å²) in [4.78, 5) is 18.1. The topological polar surface area (TPSA) is 58.4 Å². The summed E-state index contributed by atoms with van der Waals surface area (Å²) in [6.07, 6.45) is -0.366.